The third-order valence-corrected chi connectivity index (χ3v) is 4.80. The van der Waals surface area contributed by atoms with Crippen LogP contribution >= 0.6 is 0 Å². The van der Waals surface area contributed by atoms with E-state index in [2.05, 4.69) is 4.90 Å². The number of aliphatic hydroxyl groups excluding tert-OH is 1. The van der Waals surface area contributed by atoms with Crippen molar-refractivity contribution < 1.29 is 18.3 Å². The lowest BCUT2D eigenvalue weighted by atomic mass is 10.2. The second kappa shape index (κ2) is 6.76. The Labute approximate surface area is 131 Å². The summed E-state index contributed by atoms with van der Waals surface area (Å²) < 4.78 is 23.1. The molecule has 0 bridgehead atoms. The summed E-state index contributed by atoms with van der Waals surface area (Å²) in [4.78, 5) is 16.5. The standard InChI is InChI=1S/C15H22N2O4S/c1-12(18)11-16-6-8-17(9-7-16)15(19)13-4-3-5-14(10-13)22(2,20)21/h3-5,10,12,18H,6-9,11H2,1-2H3/t12-/m0/s1. The van der Waals surface area contributed by atoms with Gasteiger partial charge in [-0.15, -0.1) is 0 Å². The van der Waals surface area contributed by atoms with Gasteiger partial charge in [-0.1, -0.05) is 6.07 Å². The van der Waals surface area contributed by atoms with Crippen LogP contribution in [0.4, 0.5) is 0 Å². The molecule has 122 valence electrons. The Balaban J connectivity index is 2.04. The number of amides is 1. The van der Waals surface area contributed by atoms with Gasteiger partial charge in [-0.25, -0.2) is 8.42 Å². The highest BCUT2D eigenvalue weighted by Crippen LogP contribution is 2.14. The molecule has 0 unspecified atom stereocenters. The van der Waals surface area contributed by atoms with Gasteiger partial charge in [0.2, 0.25) is 0 Å². The van der Waals surface area contributed by atoms with Crippen LogP contribution in [0, 0.1) is 0 Å². The first-order chi connectivity index (χ1) is 10.3. The van der Waals surface area contributed by atoms with Crippen molar-refractivity contribution in [2.45, 2.75) is 17.9 Å². The van der Waals surface area contributed by atoms with Crippen LogP contribution in [0.15, 0.2) is 29.2 Å². The second-order valence-corrected chi connectivity index (χ2v) is 7.76. The van der Waals surface area contributed by atoms with E-state index in [1.807, 2.05) is 0 Å². The number of β-amino-alcohol motifs (C(OH)–C–C–N with tert-alkyl or cyclic N) is 1. The van der Waals surface area contributed by atoms with Gasteiger partial charge in [0.05, 0.1) is 11.0 Å². The Morgan fingerprint density at radius 3 is 2.45 bits per heavy atom. The Morgan fingerprint density at radius 1 is 1.27 bits per heavy atom. The quantitative estimate of drug-likeness (QED) is 0.857. The van der Waals surface area contributed by atoms with E-state index in [0.717, 1.165) is 6.26 Å². The number of sulfone groups is 1. The van der Waals surface area contributed by atoms with Gasteiger partial charge < -0.3 is 10.0 Å². The van der Waals surface area contributed by atoms with Crippen molar-refractivity contribution in [3.63, 3.8) is 0 Å². The van der Waals surface area contributed by atoms with Crippen molar-refractivity contribution in [1.29, 1.82) is 0 Å². The third-order valence-electron chi connectivity index (χ3n) is 3.69. The molecule has 1 heterocycles. The van der Waals surface area contributed by atoms with Gasteiger partial charge in [-0.05, 0) is 25.1 Å². The molecule has 0 radical (unpaired) electrons. The molecule has 1 saturated heterocycles. The van der Waals surface area contributed by atoms with Gasteiger partial charge in [0.1, 0.15) is 0 Å². The maximum absolute atomic E-state index is 12.5. The summed E-state index contributed by atoms with van der Waals surface area (Å²) in [5, 5.41) is 9.39. The molecule has 1 amide bonds. The highest BCUT2D eigenvalue weighted by Gasteiger charge is 2.23. The topological polar surface area (TPSA) is 77.9 Å². The van der Waals surface area contributed by atoms with Gasteiger partial charge >= 0.3 is 0 Å². The van der Waals surface area contributed by atoms with Gasteiger partial charge in [-0.3, -0.25) is 9.69 Å². The van der Waals surface area contributed by atoms with E-state index in [-0.39, 0.29) is 16.9 Å². The summed E-state index contributed by atoms with van der Waals surface area (Å²) >= 11 is 0. The fourth-order valence-corrected chi connectivity index (χ4v) is 3.22. The van der Waals surface area contributed by atoms with Crippen molar-refractivity contribution in [2.24, 2.45) is 0 Å². The fraction of sp³-hybridized carbons (Fsp3) is 0.533. The molecular weight excluding hydrogens is 304 g/mol. The van der Waals surface area contributed by atoms with Gasteiger partial charge in [0, 0.05) is 44.5 Å². The molecule has 22 heavy (non-hydrogen) atoms. The lowest BCUT2D eigenvalue weighted by Gasteiger charge is -2.35. The molecule has 7 heteroatoms. The van der Waals surface area contributed by atoms with E-state index in [0.29, 0.717) is 38.3 Å². The van der Waals surface area contributed by atoms with Crippen LogP contribution < -0.4 is 0 Å². The summed E-state index contributed by atoms with van der Waals surface area (Å²) in [7, 11) is -3.32. The van der Waals surface area contributed by atoms with Crippen LogP contribution in [0.1, 0.15) is 17.3 Å². The van der Waals surface area contributed by atoms with Crippen LogP contribution in [0.3, 0.4) is 0 Å². The zero-order valence-corrected chi connectivity index (χ0v) is 13.7. The van der Waals surface area contributed by atoms with Gasteiger partial charge in [-0.2, -0.15) is 0 Å². The monoisotopic (exact) mass is 326 g/mol. The molecule has 1 aliphatic heterocycles. The molecule has 1 N–H and O–H groups in total. The molecule has 6 nitrogen and oxygen atoms in total. The number of aliphatic hydroxyl groups is 1. The van der Waals surface area contributed by atoms with E-state index in [4.69, 9.17) is 0 Å². The molecule has 0 spiro atoms. The van der Waals surface area contributed by atoms with Gasteiger partial charge in [0.25, 0.3) is 5.91 Å². The van der Waals surface area contributed by atoms with Crippen molar-refractivity contribution in [3.05, 3.63) is 29.8 Å². The molecule has 0 aliphatic carbocycles. The van der Waals surface area contributed by atoms with Crippen LogP contribution in [0.5, 0.6) is 0 Å². The number of piperazine rings is 1. The van der Waals surface area contributed by atoms with Crippen molar-refractivity contribution in [3.8, 4) is 0 Å². The summed E-state index contributed by atoms with van der Waals surface area (Å²) in [6.45, 7) is 4.92. The lowest BCUT2D eigenvalue weighted by molar-refractivity contribution is 0.0554. The normalized spacial score (nSPS) is 18.2. The average molecular weight is 326 g/mol. The Morgan fingerprint density at radius 2 is 1.91 bits per heavy atom. The number of benzene rings is 1. The van der Waals surface area contributed by atoms with E-state index >= 15 is 0 Å². The van der Waals surface area contributed by atoms with Crippen LogP contribution in [-0.2, 0) is 9.84 Å². The first-order valence-electron chi connectivity index (χ1n) is 7.27. The Bertz CT molecular complexity index is 635. The first kappa shape index (κ1) is 16.9. The molecule has 0 saturated carbocycles. The maximum Gasteiger partial charge on any atom is 0.253 e. The highest BCUT2D eigenvalue weighted by atomic mass is 32.2. The summed E-state index contributed by atoms with van der Waals surface area (Å²) in [5.74, 6) is -0.151. The molecule has 1 aromatic rings. The zero-order valence-electron chi connectivity index (χ0n) is 12.9. The van der Waals surface area contributed by atoms with Crippen molar-refractivity contribution in [1.82, 2.24) is 9.80 Å². The molecule has 0 aromatic heterocycles. The largest absolute Gasteiger partial charge is 0.392 e. The number of carbonyl (C=O) groups excluding carboxylic acids is 1. The number of nitrogens with zero attached hydrogens (tertiary/aromatic N) is 2. The molecule has 1 atom stereocenters. The second-order valence-electron chi connectivity index (χ2n) is 5.74. The number of carbonyl (C=O) groups is 1. The molecule has 1 fully saturated rings. The molecule has 1 aliphatic rings. The van der Waals surface area contributed by atoms with E-state index in [1.165, 1.54) is 12.1 Å². The highest BCUT2D eigenvalue weighted by molar-refractivity contribution is 7.90. The minimum Gasteiger partial charge on any atom is -0.392 e. The molecule has 1 aromatic carbocycles. The molecular formula is C15H22N2O4S. The summed E-state index contributed by atoms with van der Waals surface area (Å²) in [5.41, 5.74) is 0.395. The predicted octanol–water partition coefficient (Wildman–Crippen LogP) is 0.229. The van der Waals surface area contributed by atoms with E-state index < -0.39 is 9.84 Å². The molecule has 2 rings (SSSR count). The minimum atomic E-state index is -3.32. The third kappa shape index (κ3) is 4.28. The average Bonchev–Trinajstić information content (AvgIpc) is 2.46. The van der Waals surface area contributed by atoms with Crippen LogP contribution in [-0.4, -0.2) is 74.3 Å². The SMILES string of the molecule is C[C@H](O)CN1CCN(C(=O)c2cccc(S(C)(=O)=O)c2)CC1. The van der Waals surface area contributed by atoms with Crippen LogP contribution in [0.2, 0.25) is 0 Å². The van der Waals surface area contributed by atoms with E-state index in [1.54, 1.807) is 24.0 Å². The smallest absolute Gasteiger partial charge is 0.253 e. The maximum atomic E-state index is 12.5. The first-order valence-corrected chi connectivity index (χ1v) is 9.16. The van der Waals surface area contributed by atoms with Gasteiger partial charge in [0.15, 0.2) is 9.84 Å². The summed E-state index contributed by atoms with van der Waals surface area (Å²) in [6.07, 6.45) is 0.750. The number of hydrogen-bond acceptors (Lipinski definition) is 5. The zero-order chi connectivity index (χ0) is 16.3. The Kier molecular flexibility index (Phi) is 5.20. The predicted molar refractivity (Wildman–Crippen MR) is 83.6 cm³/mol. The van der Waals surface area contributed by atoms with Crippen LogP contribution in [0.25, 0.3) is 0 Å². The number of rotatable bonds is 4. The van der Waals surface area contributed by atoms with Crippen molar-refractivity contribution in [2.75, 3.05) is 39.0 Å². The minimum absolute atomic E-state index is 0.151. The number of hydrogen-bond donors (Lipinski definition) is 1. The van der Waals surface area contributed by atoms with E-state index in [9.17, 15) is 18.3 Å². The fourth-order valence-electron chi connectivity index (χ4n) is 2.55. The Hall–Kier alpha value is -1.44. The lowest BCUT2D eigenvalue weighted by Crippen LogP contribution is -2.50. The van der Waals surface area contributed by atoms with Crippen molar-refractivity contribution >= 4 is 15.7 Å². The summed E-state index contributed by atoms with van der Waals surface area (Å²) in [6, 6.07) is 6.15.